The van der Waals surface area contributed by atoms with Gasteiger partial charge in [0.15, 0.2) is 5.96 Å². The Kier molecular flexibility index (Phi) is 8.61. The van der Waals surface area contributed by atoms with Gasteiger partial charge in [-0.2, -0.15) is 0 Å². The summed E-state index contributed by atoms with van der Waals surface area (Å²) >= 11 is 6.28. The first-order valence-corrected chi connectivity index (χ1v) is 11.6. The van der Waals surface area contributed by atoms with Crippen molar-refractivity contribution in [3.05, 3.63) is 47.0 Å². The molecular weight excluding hydrogens is 394 g/mol. The number of likely N-dealkylation sites (tertiary alicyclic amines) is 2. The van der Waals surface area contributed by atoms with Gasteiger partial charge in [0.05, 0.1) is 0 Å². The lowest BCUT2D eigenvalue weighted by Gasteiger charge is -2.40. The summed E-state index contributed by atoms with van der Waals surface area (Å²) in [6.07, 6.45) is 4.73. The normalized spacial score (nSPS) is 24.6. The Morgan fingerprint density at radius 2 is 2.00 bits per heavy atom. The van der Waals surface area contributed by atoms with Gasteiger partial charge in [-0.15, -0.1) is 0 Å². The number of nitrogens with zero attached hydrogens (tertiary/aromatic N) is 3. The number of aliphatic imine (C=N–C) groups is 1. The van der Waals surface area contributed by atoms with E-state index in [9.17, 15) is 0 Å². The molecule has 2 heterocycles. The monoisotopic (exact) mass is 431 g/mol. The van der Waals surface area contributed by atoms with Gasteiger partial charge < -0.3 is 10.6 Å². The molecule has 1 aromatic rings. The number of piperidine rings is 2. The highest BCUT2D eigenvalue weighted by molar-refractivity contribution is 6.30. The van der Waals surface area contributed by atoms with Gasteiger partial charge in [-0.1, -0.05) is 35.9 Å². The van der Waals surface area contributed by atoms with E-state index in [0.29, 0.717) is 18.0 Å². The van der Waals surface area contributed by atoms with Crippen LogP contribution in [0.5, 0.6) is 0 Å². The largest absolute Gasteiger partial charge is 0.356 e. The van der Waals surface area contributed by atoms with Crippen LogP contribution in [0.15, 0.2) is 41.4 Å². The van der Waals surface area contributed by atoms with Crippen LogP contribution in [0.3, 0.4) is 0 Å². The molecule has 6 heteroatoms. The summed E-state index contributed by atoms with van der Waals surface area (Å²) in [4.78, 5) is 9.45. The Morgan fingerprint density at radius 1 is 1.23 bits per heavy atom. The fraction of sp³-hybridized carbons (Fsp3) is 0.625. The fourth-order valence-electron chi connectivity index (χ4n) is 4.92. The molecule has 3 rings (SSSR count). The van der Waals surface area contributed by atoms with Crippen LogP contribution in [0.25, 0.3) is 0 Å². The van der Waals surface area contributed by atoms with Crippen molar-refractivity contribution in [2.24, 2.45) is 10.9 Å². The average Bonchev–Trinajstić information content (AvgIpc) is 2.72. The summed E-state index contributed by atoms with van der Waals surface area (Å²) < 4.78 is 0. The first kappa shape index (κ1) is 23.1. The number of benzene rings is 1. The zero-order valence-corrected chi connectivity index (χ0v) is 19.6. The standard InChI is InChI=1S/C24H38ClN5/c1-18(2)17-30-13-10-22(11-14-30)28-24(26-3)27-16-20-8-6-12-29(4)23(20)19-7-5-9-21(25)15-19/h5,7,9,15,20,22-23H,1,6,8,10-14,16-17H2,2-4H3,(H2,26,27,28). The zero-order chi connectivity index (χ0) is 21.5. The lowest BCUT2D eigenvalue weighted by atomic mass is 9.85. The third-order valence-electron chi connectivity index (χ3n) is 6.37. The number of hydrogen-bond acceptors (Lipinski definition) is 3. The lowest BCUT2D eigenvalue weighted by molar-refractivity contribution is 0.122. The molecule has 2 fully saturated rings. The third kappa shape index (κ3) is 6.47. The van der Waals surface area contributed by atoms with Crippen molar-refractivity contribution in [2.75, 3.05) is 46.8 Å². The first-order chi connectivity index (χ1) is 14.5. The summed E-state index contributed by atoms with van der Waals surface area (Å²) in [6, 6.07) is 9.20. The van der Waals surface area contributed by atoms with Gasteiger partial charge in [0.25, 0.3) is 0 Å². The van der Waals surface area contributed by atoms with Crippen molar-refractivity contribution < 1.29 is 0 Å². The minimum Gasteiger partial charge on any atom is -0.356 e. The summed E-state index contributed by atoms with van der Waals surface area (Å²) in [5.41, 5.74) is 2.55. The first-order valence-electron chi connectivity index (χ1n) is 11.3. The van der Waals surface area contributed by atoms with E-state index >= 15 is 0 Å². The molecule has 2 aliphatic heterocycles. The molecular formula is C24H38ClN5. The van der Waals surface area contributed by atoms with Crippen molar-refractivity contribution >= 4 is 17.6 Å². The Bertz CT molecular complexity index is 726. The SMILES string of the molecule is C=C(C)CN1CCC(NC(=NC)NCC2CCCN(C)C2c2cccc(Cl)c2)CC1. The molecule has 0 saturated carbocycles. The van der Waals surface area contributed by atoms with E-state index in [1.54, 1.807) is 0 Å². The van der Waals surface area contributed by atoms with Crippen LogP contribution in [0.1, 0.15) is 44.2 Å². The molecule has 0 bridgehead atoms. The van der Waals surface area contributed by atoms with Gasteiger partial charge in [0, 0.05) is 50.3 Å². The molecule has 2 N–H and O–H groups in total. The third-order valence-corrected chi connectivity index (χ3v) is 6.61. The van der Waals surface area contributed by atoms with Crippen molar-refractivity contribution in [1.29, 1.82) is 0 Å². The van der Waals surface area contributed by atoms with Gasteiger partial charge in [-0.05, 0) is 69.8 Å². The van der Waals surface area contributed by atoms with Gasteiger partial charge in [-0.3, -0.25) is 14.8 Å². The Labute approximate surface area is 187 Å². The minimum absolute atomic E-state index is 0.383. The highest BCUT2D eigenvalue weighted by Gasteiger charge is 2.31. The summed E-state index contributed by atoms with van der Waals surface area (Å²) in [5, 5.41) is 8.08. The van der Waals surface area contributed by atoms with E-state index in [0.717, 1.165) is 56.5 Å². The minimum atomic E-state index is 0.383. The van der Waals surface area contributed by atoms with E-state index in [1.807, 2.05) is 13.1 Å². The summed E-state index contributed by atoms with van der Waals surface area (Å²) in [7, 11) is 4.09. The number of nitrogens with one attached hydrogen (secondary N) is 2. The molecule has 2 atom stereocenters. The second kappa shape index (κ2) is 11.2. The van der Waals surface area contributed by atoms with Crippen LogP contribution < -0.4 is 10.6 Å². The quantitative estimate of drug-likeness (QED) is 0.407. The molecule has 0 aliphatic carbocycles. The molecule has 2 unspecified atom stereocenters. The van der Waals surface area contributed by atoms with Crippen LogP contribution in [-0.2, 0) is 0 Å². The van der Waals surface area contributed by atoms with Crippen LogP contribution in [0.2, 0.25) is 5.02 Å². The second-order valence-electron chi connectivity index (χ2n) is 8.99. The van der Waals surface area contributed by atoms with Crippen LogP contribution in [0.4, 0.5) is 0 Å². The molecule has 5 nitrogen and oxygen atoms in total. The van der Waals surface area contributed by atoms with E-state index in [-0.39, 0.29) is 0 Å². The molecule has 0 radical (unpaired) electrons. The van der Waals surface area contributed by atoms with E-state index in [2.05, 4.69) is 64.2 Å². The van der Waals surface area contributed by atoms with Crippen molar-refractivity contribution in [3.63, 3.8) is 0 Å². The maximum Gasteiger partial charge on any atom is 0.191 e. The van der Waals surface area contributed by atoms with Gasteiger partial charge in [0.1, 0.15) is 0 Å². The highest BCUT2D eigenvalue weighted by Crippen LogP contribution is 2.35. The van der Waals surface area contributed by atoms with Gasteiger partial charge >= 0.3 is 0 Å². The van der Waals surface area contributed by atoms with Crippen LogP contribution in [-0.4, -0.2) is 68.6 Å². The van der Waals surface area contributed by atoms with Crippen molar-refractivity contribution in [1.82, 2.24) is 20.4 Å². The number of halogens is 1. The highest BCUT2D eigenvalue weighted by atomic mass is 35.5. The van der Waals surface area contributed by atoms with Crippen LogP contribution >= 0.6 is 11.6 Å². The Balaban J connectivity index is 1.54. The zero-order valence-electron chi connectivity index (χ0n) is 18.8. The Morgan fingerprint density at radius 3 is 2.67 bits per heavy atom. The van der Waals surface area contributed by atoms with Crippen LogP contribution in [0, 0.1) is 5.92 Å². The van der Waals surface area contributed by atoms with E-state index in [4.69, 9.17) is 11.6 Å². The maximum absolute atomic E-state index is 6.28. The summed E-state index contributed by atoms with van der Waals surface area (Å²) in [6.45, 7) is 11.4. The van der Waals surface area contributed by atoms with Crippen molar-refractivity contribution in [3.8, 4) is 0 Å². The van der Waals surface area contributed by atoms with Gasteiger partial charge in [0.2, 0.25) is 0 Å². The molecule has 0 aromatic heterocycles. The van der Waals surface area contributed by atoms with E-state index < -0.39 is 0 Å². The fourth-order valence-corrected chi connectivity index (χ4v) is 5.12. The van der Waals surface area contributed by atoms with Crippen molar-refractivity contribution in [2.45, 2.75) is 44.7 Å². The number of rotatable bonds is 6. The smallest absolute Gasteiger partial charge is 0.191 e. The van der Waals surface area contributed by atoms with E-state index in [1.165, 1.54) is 24.0 Å². The lowest BCUT2D eigenvalue weighted by Crippen LogP contribution is -2.50. The molecule has 2 aliphatic rings. The maximum atomic E-state index is 6.28. The molecule has 166 valence electrons. The Hall–Kier alpha value is -1.56. The topological polar surface area (TPSA) is 42.9 Å². The second-order valence-corrected chi connectivity index (χ2v) is 9.42. The molecule has 30 heavy (non-hydrogen) atoms. The number of guanidine groups is 1. The average molecular weight is 432 g/mol. The summed E-state index contributed by atoms with van der Waals surface area (Å²) in [5.74, 6) is 1.45. The molecule has 2 saturated heterocycles. The molecule has 1 aromatic carbocycles. The predicted octanol–water partition coefficient (Wildman–Crippen LogP) is 3.93. The number of hydrogen-bond donors (Lipinski definition) is 2. The van der Waals surface area contributed by atoms with Gasteiger partial charge in [-0.25, -0.2) is 0 Å². The molecule has 0 amide bonds. The predicted molar refractivity (Wildman–Crippen MR) is 128 cm³/mol. The molecule has 0 spiro atoms.